The number of aliphatic hydroxyl groups excluding tert-OH is 1. The number of anilines is 1. The molecule has 0 bridgehead atoms. The van der Waals surface area contributed by atoms with Crippen LogP contribution in [-0.4, -0.2) is 41.9 Å². The molecule has 1 saturated heterocycles. The number of amides is 2. The monoisotopic (exact) mass is 320 g/mol. The van der Waals surface area contributed by atoms with E-state index < -0.39 is 0 Å². The number of nitrogens with zero attached hydrogens (tertiary/aromatic N) is 2. The van der Waals surface area contributed by atoms with Crippen molar-refractivity contribution < 1.29 is 9.90 Å². The van der Waals surface area contributed by atoms with E-state index in [-0.39, 0.29) is 18.7 Å². The molecule has 1 aromatic heterocycles. The highest BCUT2D eigenvalue weighted by atomic mass is 16.3. The third-order valence-electron chi connectivity index (χ3n) is 4.13. The number of pyridine rings is 1. The lowest BCUT2D eigenvalue weighted by Crippen LogP contribution is -2.40. The summed E-state index contributed by atoms with van der Waals surface area (Å²) < 4.78 is 0. The van der Waals surface area contributed by atoms with Gasteiger partial charge in [-0.15, -0.1) is 0 Å². The molecule has 0 spiro atoms. The summed E-state index contributed by atoms with van der Waals surface area (Å²) in [7, 11) is 0. The third-order valence-corrected chi connectivity index (χ3v) is 4.13. The Labute approximate surface area is 138 Å². The number of nitrogens with one attached hydrogen (secondary N) is 2. The molecular formula is C17H28N4O2. The van der Waals surface area contributed by atoms with E-state index in [0.29, 0.717) is 13.0 Å². The lowest BCUT2D eigenvalue weighted by atomic mass is 10.2. The molecule has 1 fully saturated rings. The Morgan fingerprint density at radius 1 is 1.30 bits per heavy atom. The molecule has 1 atom stereocenters. The first kappa shape index (κ1) is 17.5. The fourth-order valence-corrected chi connectivity index (χ4v) is 2.73. The standard InChI is InChI=1S/C17H28N4O2/c1-14(8-11-22)20-17(23)19-13-15-6-7-16(18-12-15)21-9-4-2-3-5-10-21/h6-7,12,14,22H,2-5,8-11,13H2,1H3,(H2,19,20,23)/t14-/m1/s1. The number of rotatable bonds is 6. The zero-order chi connectivity index (χ0) is 16.5. The number of aromatic nitrogens is 1. The lowest BCUT2D eigenvalue weighted by Gasteiger charge is -2.21. The molecule has 1 aromatic rings. The summed E-state index contributed by atoms with van der Waals surface area (Å²) >= 11 is 0. The van der Waals surface area contributed by atoms with Crippen LogP contribution in [0.2, 0.25) is 0 Å². The topological polar surface area (TPSA) is 77.5 Å². The number of hydrogen-bond donors (Lipinski definition) is 3. The van der Waals surface area contributed by atoms with E-state index in [0.717, 1.165) is 24.5 Å². The molecule has 0 aromatic carbocycles. The number of carbonyl (C=O) groups excluding carboxylic acids is 1. The molecule has 2 heterocycles. The van der Waals surface area contributed by atoms with Gasteiger partial charge < -0.3 is 20.6 Å². The molecule has 0 saturated carbocycles. The highest BCUT2D eigenvalue weighted by Gasteiger charge is 2.11. The van der Waals surface area contributed by atoms with E-state index >= 15 is 0 Å². The minimum Gasteiger partial charge on any atom is -0.396 e. The Hall–Kier alpha value is -1.82. The smallest absolute Gasteiger partial charge is 0.315 e. The molecule has 1 aliphatic rings. The van der Waals surface area contributed by atoms with Crippen molar-refractivity contribution in [3.05, 3.63) is 23.9 Å². The summed E-state index contributed by atoms with van der Waals surface area (Å²) in [4.78, 5) is 18.6. The van der Waals surface area contributed by atoms with E-state index in [9.17, 15) is 4.79 Å². The zero-order valence-corrected chi connectivity index (χ0v) is 13.9. The first-order valence-electron chi connectivity index (χ1n) is 8.54. The Morgan fingerprint density at radius 3 is 2.65 bits per heavy atom. The van der Waals surface area contributed by atoms with Gasteiger partial charge in [0.15, 0.2) is 0 Å². The van der Waals surface area contributed by atoms with Crippen LogP contribution < -0.4 is 15.5 Å². The van der Waals surface area contributed by atoms with Crippen molar-refractivity contribution in [3.8, 4) is 0 Å². The fraction of sp³-hybridized carbons (Fsp3) is 0.647. The second-order valence-electron chi connectivity index (χ2n) is 6.17. The lowest BCUT2D eigenvalue weighted by molar-refractivity contribution is 0.230. The van der Waals surface area contributed by atoms with Crippen molar-refractivity contribution in [3.63, 3.8) is 0 Å². The van der Waals surface area contributed by atoms with Gasteiger partial charge in [0.1, 0.15) is 5.82 Å². The summed E-state index contributed by atoms with van der Waals surface area (Å²) in [5.41, 5.74) is 0.980. The molecule has 6 heteroatoms. The van der Waals surface area contributed by atoms with Gasteiger partial charge in [0.2, 0.25) is 0 Å². The minimum absolute atomic E-state index is 0.0384. The number of aliphatic hydroxyl groups is 1. The molecule has 0 unspecified atom stereocenters. The molecule has 128 valence electrons. The number of urea groups is 1. The minimum atomic E-state index is -0.220. The summed E-state index contributed by atoms with van der Waals surface area (Å²) in [6.45, 7) is 4.55. The van der Waals surface area contributed by atoms with Crippen LogP contribution in [0.25, 0.3) is 0 Å². The van der Waals surface area contributed by atoms with Crippen LogP contribution in [0.1, 0.15) is 44.6 Å². The SMILES string of the molecule is C[C@H](CCO)NC(=O)NCc1ccc(N2CCCCCC2)nc1. The van der Waals surface area contributed by atoms with Crippen LogP contribution in [0.15, 0.2) is 18.3 Å². The van der Waals surface area contributed by atoms with Crippen LogP contribution in [-0.2, 0) is 6.54 Å². The predicted octanol–water partition coefficient (Wildman–Crippen LogP) is 2.03. The molecule has 0 aliphatic carbocycles. The van der Waals surface area contributed by atoms with Gasteiger partial charge in [0, 0.05) is 38.5 Å². The maximum Gasteiger partial charge on any atom is 0.315 e. The van der Waals surface area contributed by atoms with E-state index in [1.54, 1.807) is 0 Å². The second-order valence-corrected chi connectivity index (χ2v) is 6.17. The number of hydrogen-bond acceptors (Lipinski definition) is 4. The van der Waals surface area contributed by atoms with E-state index in [2.05, 4.69) is 20.5 Å². The van der Waals surface area contributed by atoms with Gasteiger partial charge in [-0.1, -0.05) is 18.9 Å². The van der Waals surface area contributed by atoms with Gasteiger partial charge >= 0.3 is 6.03 Å². The van der Waals surface area contributed by atoms with Gasteiger partial charge in [-0.05, 0) is 37.8 Å². The Kier molecular flexibility index (Phi) is 7.13. The van der Waals surface area contributed by atoms with Crippen molar-refractivity contribution in [1.82, 2.24) is 15.6 Å². The molecule has 6 nitrogen and oxygen atoms in total. The summed E-state index contributed by atoms with van der Waals surface area (Å²) in [5.74, 6) is 1.02. The predicted molar refractivity (Wildman–Crippen MR) is 91.5 cm³/mol. The molecule has 1 aliphatic heterocycles. The van der Waals surface area contributed by atoms with Crippen LogP contribution in [0.3, 0.4) is 0 Å². The highest BCUT2D eigenvalue weighted by Crippen LogP contribution is 2.17. The summed E-state index contributed by atoms with van der Waals surface area (Å²) in [6, 6.07) is 3.80. The molecule has 23 heavy (non-hydrogen) atoms. The zero-order valence-electron chi connectivity index (χ0n) is 13.9. The second kappa shape index (κ2) is 9.35. The van der Waals surface area contributed by atoms with Crippen molar-refractivity contribution in [1.29, 1.82) is 0 Å². The number of carbonyl (C=O) groups is 1. The van der Waals surface area contributed by atoms with Crippen LogP contribution in [0, 0.1) is 0 Å². The van der Waals surface area contributed by atoms with Crippen molar-refractivity contribution in [2.24, 2.45) is 0 Å². The van der Waals surface area contributed by atoms with Gasteiger partial charge in [0.25, 0.3) is 0 Å². The van der Waals surface area contributed by atoms with E-state index in [4.69, 9.17) is 5.11 Å². The van der Waals surface area contributed by atoms with Gasteiger partial charge in [0.05, 0.1) is 0 Å². The molecule has 2 rings (SSSR count). The molecular weight excluding hydrogens is 292 g/mol. The highest BCUT2D eigenvalue weighted by molar-refractivity contribution is 5.74. The van der Waals surface area contributed by atoms with Crippen molar-refractivity contribution in [2.45, 2.75) is 51.6 Å². The van der Waals surface area contributed by atoms with E-state index in [1.165, 1.54) is 25.7 Å². The molecule has 3 N–H and O–H groups in total. The van der Waals surface area contributed by atoms with Gasteiger partial charge in [-0.2, -0.15) is 0 Å². The maximum atomic E-state index is 11.7. The van der Waals surface area contributed by atoms with Gasteiger partial charge in [-0.25, -0.2) is 9.78 Å². The van der Waals surface area contributed by atoms with Crippen LogP contribution in [0.5, 0.6) is 0 Å². The van der Waals surface area contributed by atoms with Crippen molar-refractivity contribution >= 4 is 11.8 Å². The molecule has 0 radical (unpaired) electrons. The quantitative estimate of drug-likeness (QED) is 0.749. The Morgan fingerprint density at radius 2 is 2.04 bits per heavy atom. The van der Waals surface area contributed by atoms with Crippen molar-refractivity contribution in [2.75, 3.05) is 24.6 Å². The summed E-state index contributed by atoms with van der Waals surface area (Å²) in [6.07, 6.45) is 7.47. The first-order valence-corrected chi connectivity index (χ1v) is 8.54. The van der Waals surface area contributed by atoms with E-state index in [1.807, 2.05) is 25.3 Å². The normalized spacial score (nSPS) is 16.5. The summed E-state index contributed by atoms with van der Waals surface area (Å²) in [5, 5.41) is 14.4. The average molecular weight is 320 g/mol. The van der Waals surface area contributed by atoms with Gasteiger partial charge in [-0.3, -0.25) is 0 Å². The average Bonchev–Trinajstić information content (AvgIpc) is 2.83. The largest absolute Gasteiger partial charge is 0.396 e. The first-order chi connectivity index (χ1) is 11.2. The van der Waals surface area contributed by atoms with Crippen LogP contribution >= 0.6 is 0 Å². The fourth-order valence-electron chi connectivity index (χ4n) is 2.73. The van der Waals surface area contributed by atoms with Crippen LogP contribution in [0.4, 0.5) is 10.6 Å². The maximum absolute atomic E-state index is 11.7. The Bertz CT molecular complexity index is 470. The Balaban J connectivity index is 1.79. The third kappa shape index (κ3) is 6.06. The molecule has 2 amide bonds.